The van der Waals surface area contributed by atoms with Crippen molar-refractivity contribution in [1.29, 1.82) is 0 Å². The van der Waals surface area contributed by atoms with Gasteiger partial charge in [0.15, 0.2) is 5.58 Å². The first kappa shape index (κ1) is 24.1. The van der Waals surface area contributed by atoms with Gasteiger partial charge in [-0.3, -0.25) is 0 Å². The van der Waals surface area contributed by atoms with Crippen LogP contribution in [0, 0.1) is 0 Å². The van der Waals surface area contributed by atoms with Crippen LogP contribution in [0.3, 0.4) is 0 Å². The highest BCUT2D eigenvalue weighted by molar-refractivity contribution is 6.11. The third kappa shape index (κ3) is 3.75. The zero-order valence-electron chi connectivity index (χ0n) is 23.4. The van der Waals surface area contributed by atoms with Crippen LogP contribution in [-0.2, 0) is 0 Å². The van der Waals surface area contributed by atoms with Crippen LogP contribution in [0.4, 0.5) is 17.1 Å². The third-order valence-corrected chi connectivity index (χ3v) is 8.82. The van der Waals surface area contributed by atoms with E-state index in [0.717, 1.165) is 56.8 Å². The van der Waals surface area contributed by atoms with E-state index >= 15 is 0 Å². The van der Waals surface area contributed by atoms with Crippen LogP contribution in [0.1, 0.15) is 29.2 Å². The SMILES string of the molecule is C1=Cc2c(oc3ccccc23)C(c2ccc(N(c3cccc4ccccc34)c3cccc4c3oc3ccccc34)cc2)C1. The first-order chi connectivity index (χ1) is 21.3. The summed E-state index contributed by atoms with van der Waals surface area (Å²) >= 11 is 0. The van der Waals surface area contributed by atoms with E-state index in [0.29, 0.717) is 0 Å². The van der Waals surface area contributed by atoms with Crippen molar-refractivity contribution in [3.05, 3.63) is 156 Å². The van der Waals surface area contributed by atoms with Gasteiger partial charge in [-0.1, -0.05) is 109 Å². The lowest BCUT2D eigenvalue weighted by Gasteiger charge is -2.27. The van der Waals surface area contributed by atoms with Gasteiger partial charge in [0, 0.05) is 38.7 Å². The maximum Gasteiger partial charge on any atom is 0.159 e. The molecule has 0 saturated carbocycles. The molecule has 43 heavy (non-hydrogen) atoms. The number of fused-ring (bicyclic) bond motifs is 7. The van der Waals surface area contributed by atoms with E-state index < -0.39 is 0 Å². The summed E-state index contributed by atoms with van der Waals surface area (Å²) in [7, 11) is 0. The number of para-hydroxylation sites is 3. The average Bonchev–Trinajstić information content (AvgIpc) is 3.65. The zero-order valence-corrected chi connectivity index (χ0v) is 23.4. The van der Waals surface area contributed by atoms with Gasteiger partial charge in [-0.15, -0.1) is 0 Å². The normalized spacial score (nSPS) is 14.6. The van der Waals surface area contributed by atoms with E-state index in [1.165, 1.54) is 27.3 Å². The van der Waals surface area contributed by atoms with Gasteiger partial charge in [-0.25, -0.2) is 0 Å². The van der Waals surface area contributed by atoms with Gasteiger partial charge < -0.3 is 13.7 Å². The van der Waals surface area contributed by atoms with Gasteiger partial charge in [0.05, 0.1) is 11.4 Å². The van der Waals surface area contributed by atoms with E-state index in [-0.39, 0.29) is 5.92 Å². The van der Waals surface area contributed by atoms with E-state index in [2.05, 4.69) is 132 Å². The molecule has 0 bridgehead atoms. The molecule has 8 aromatic rings. The van der Waals surface area contributed by atoms with Crippen molar-refractivity contribution in [3.63, 3.8) is 0 Å². The second-order valence-electron chi connectivity index (χ2n) is 11.2. The Labute approximate surface area is 248 Å². The standard InChI is InChI=1S/C40H27NO2/c1-2-12-29-26(10-1)11-7-18-35(29)41(36-19-9-17-34-32-14-4-6-21-38(32)43-40(34)36)28-24-22-27(23-25-28)30-15-8-16-33-31-13-3-5-20-37(31)42-39(30)33/h1-14,16-25,30H,15H2. The number of anilines is 3. The van der Waals surface area contributed by atoms with Crippen LogP contribution >= 0.6 is 0 Å². The summed E-state index contributed by atoms with van der Waals surface area (Å²) in [5.41, 5.74) is 8.36. The van der Waals surface area contributed by atoms with Crippen molar-refractivity contribution < 1.29 is 8.83 Å². The van der Waals surface area contributed by atoms with Crippen LogP contribution in [0.2, 0.25) is 0 Å². The van der Waals surface area contributed by atoms with Crippen molar-refractivity contribution in [2.75, 3.05) is 4.90 Å². The topological polar surface area (TPSA) is 29.5 Å². The summed E-state index contributed by atoms with van der Waals surface area (Å²) in [5.74, 6) is 1.22. The molecule has 3 nitrogen and oxygen atoms in total. The molecule has 1 atom stereocenters. The Kier molecular flexibility index (Phi) is 5.32. The van der Waals surface area contributed by atoms with Crippen molar-refractivity contribution in [2.45, 2.75) is 12.3 Å². The smallest absolute Gasteiger partial charge is 0.159 e. The molecule has 1 unspecified atom stereocenters. The van der Waals surface area contributed by atoms with Crippen molar-refractivity contribution in [1.82, 2.24) is 0 Å². The molecule has 2 aromatic heterocycles. The Bertz CT molecular complexity index is 2330. The number of furan rings is 2. The highest BCUT2D eigenvalue weighted by Gasteiger charge is 2.26. The Balaban J connectivity index is 1.22. The molecule has 6 aromatic carbocycles. The lowest BCUT2D eigenvalue weighted by molar-refractivity contribution is 0.517. The molecule has 2 heterocycles. The Morgan fingerprint density at radius 1 is 0.535 bits per heavy atom. The number of allylic oxidation sites excluding steroid dienone is 1. The molecule has 0 fully saturated rings. The summed E-state index contributed by atoms with van der Waals surface area (Å²) in [6.07, 6.45) is 5.40. The average molecular weight is 554 g/mol. The maximum atomic E-state index is 6.54. The number of benzene rings is 6. The van der Waals surface area contributed by atoms with Gasteiger partial charge in [0.1, 0.15) is 16.9 Å². The largest absolute Gasteiger partial charge is 0.460 e. The zero-order chi connectivity index (χ0) is 28.3. The lowest BCUT2D eigenvalue weighted by Crippen LogP contribution is -2.11. The summed E-state index contributed by atoms with van der Waals surface area (Å²) in [6.45, 7) is 0. The fraction of sp³-hybridized carbons (Fsp3) is 0.0500. The molecule has 0 spiro atoms. The molecule has 0 N–H and O–H groups in total. The predicted octanol–water partition coefficient (Wildman–Crippen LogP) is 11.5. The summed E-state index contributed by atoms with van der Waals surface area (Å²) in [4.78, 5) is 2.34. The van der Waals surface area contributed by atoms with Gasteiger partial charge in [-0.2, -0.15) is 0 Å². The number of hydrogen-bond acceptors (Lipinski definition) is 3. The van der Waals surface area contributed by atoms with Crippen LogP contribution in [0.25, 0.3) is 49.8 Å². The van der Waals surface area contributed by atoms with E-state index in [4.69, 9.17) is 8.83 Å². The molecule has 1 aliphatic rings. The molecule has 0 radical (unpaired) electrons. The fourth-order valence-electron chi connectivity index (χ4n) is 6.81. The van der Waals surface area contributed by atoms with Gasteiger partial charge in [-0.05, 0) is 53.8 Å². The Morgan fingerprint density at radius 3 is 2.05 bits per heavy atom. The second kappa shape index (κ2) is 9.50. The predicted molar refractivity (Wildman–Crippen MR) is 178 cm³/mol. The molecular formula is C40H27NO2. The molecule has 204 valence electrons. The first-order valence-electron chi connectivity index (χ1n) is 14.8. The molecule has 1 aliphatic carbocycles. The van der Waals surface area contributed by atoms with Crippen LogP contribution in [-0.4, -0.2) is 0 Å². The summed E-state index contributed by atoms with van der Waals surface area (Å²) < 4.78 is 13.0. The summed E-state index contributed by atoms with van der Waals surface area (Å²) in [5, 5.41) is 5.80. The fourth-order valence-corrected chi connectivity index (χ4v) is 6.81. The highest BCUT2D eigenvalue weighted by Crippen LogP contribution is 2.45. The second-order valence-corrected chi connectivity index (χ2v) is 11.2. The van der Waals surface area contributed by atoms with Crippen LogP contribution < -0.4 is 4.90 Å². The number of nitrogens with zero attached hydrogens (tertiary/aromatic N) is 1. The van der Waals surface area contributed by atoms with Gasteiger partial charge >= 0.3 is 0 Å². The van der Waals surface area contributed by atoms with Gasteiger partial charge in [0.2, 0.25) is 0 Å². The molecular weight excluding hydrogens is 526 g/mol. The molecule has 0 amide bonds. The van der Waals surface area contributed by atoms with Crippen LogP contribution in [0.15, 0.2) is 148 Å². The molecule has 0 aliphatic heterocycles. The van der Waals surface area contributed by atoms with Crippen LogP contribution in [0.5, 0.6) is 0 Å². The Hall–Kier alpha value is -5.54. The number of rotatable bonds is 4. The molecule has 3 heteroatoms. The monoisotopic (exact) mass is 553 g/mol. The van der Waals surface area contributed by atoms with Crippen molar-refractivity contribution >= 4 is 66.8 Å². The van der Waals surface area contributed by atoms with Crippen molar-refractivity contribution in [3.8, 4) is 0 Å². The first-order valence-corrected chi connectivity index (χ1v) is 14.8. The minimum Gasteiger partial charge on any atom is -0.460 e. The minimum atomic E-state index is 0.172. The quantitative estimate of drug-likeness (QED) is 0.217. The summed E-state index contributed by atoms with van der Waals surface area (Å²) in [6, 6.07) is 47.1. The number of hydrogen-bond donors (Lipinski definition) is 0. The van der Waals surface area contributed by atoms with Gasteiger partial charge in [0.25, 0.3) is 0 Å². The maximum absolute atomic E-state index is 6.54. The third-order valence-electron chi connectivity index (χ3n) is 8.82. The molecule has 9 rings (SSSR count). The molecule has 0 saturated heterocycles. The minimum absolute atomic E-state index is 0.172. The van der Waals surface area contributed by atoms with Crippen molar-refractivity contribution in [2.24, 2.45) is 0 Å². The van der Waals surface area contributed by atoms with E-state index in [1.54, 1.807) is 0 Å². The lowest BCUT2D eigenvalue weighted by atomic mass is 9.86. The Morgan fingerprint density at radius 2 is 1.19 bits per heavy atom. The highest BCUT2D eigenvalue weighted by atomic mass is 16.3. The van der Waals surface area contributed by atoms with E-state index in [1.807, 2.05) is 18.2 Å². The van der Waals surface area contributed by atoms with E-state index in [9.17, 15) is 0 Å².